The molecule has 0 aliphatic carbocycles. The third-order valence-electron chi connectivity index (χ3n) is 3.74. The first-order valence-corrected chi connectivity index (χ1v) is 6.38. The SMILES string of the molecule is CC1CCN(c2ccc(N)c(C(=O)O)c2)C(C)C1. The van der Waals surface area contributed by atoms with E-state index in [2.05, 4.69) is 18.7 Å². The number of aromatic carboxylic acids is 1. The van der Waals surface area contributed by atoms with Gasteiger partial charge in [-0.3, -0.25) is 0 Å². The standard InChI is InChI=1S/C14H20N2O2/c1-9-5-6-16(10(2)7-9)11-3-4-13(15)12(8-11)14(17)18/h3-4,8-10H,5-7,15H2,1-2H3,(H,17,18). The second-order valence-electron chi connectivity index (χ2n) is 5.25. The molecule has 0 amide bonds. The van der Waals surface area contributed by atoms with Crippen LogP contribution in [0.3, 0.4) is 0 Å². The van der Waals surface area contributed by atoms with Gasteiger partial charge >= 0.3 is 5.97 Å². The van der Waals surface area contributed by atoms with Gasteiger partial charge in [-0.25, -0.2) is 4.79 Å². The third kappa shape index (κ3) is 2.42. The van der Waals surface area contributed by atoms with Crippen LogP contribution in [0.5, 0.6) is 0 Å². The molecule has 1 aromatic carbocycles. The molecule has 2 rings (SSSR count). The Kier molecular flexibility index (Phi) is 3.45. The van der Waals surface area contributed by atoms with Crippen LogP contribution in [-0.2, 0) is 0 Å². The van der Waals surface area contributed by atoms with Crippen molar-refractivity contribution in [1.82, 2.24) is 0 Å². The summed E-state index contributed by atoms with van der Waals surface area (Å²) in [6, 6.07) is 5.72. The van der Waals surface area contributed by atoms with Crippen molar-refractivity contribution >= 4 is 17.3 Å². The zero-order valence-corrected chi connectivity index (χ0v) is 10.9. The van der Waals surface area contributed by atoms with Crippen LogP contribution in [0.25, 0.3) is 0 Å². The second kappa shape index (κ2) is 4.88. The Balaban J connectivity index is 2.28. The number of piperidine rings is 1. The molecule has 1 saturated heterocycles. The lowest BCUT2D eigenvalue weighted by molar-refractivity contribution is 0.0698. The Morgan fingerprint density at radius 3 is 2.78 bits per heavy atom. The molecule has 0 saturated carbocycles. The van der Waals surface area contributed by atoms with Gasteiger partial charge < -0.3 is 15.7 Å². The summed E-state index contributed by atoms with van der Waals surface area (Å²) in [5.74, 6) is -0.226. The topological polar surface area (TPSA) is 66.6 Å². The van der Waals surface area contributed by atoms with E-state index in [0.717, 1.165) is 31.0 Å². The van der Waals surface area contributed by atoms with Gasteiger partial charge in [0.15, 0.2) is 0 Å². The van der Waals surface area contributed by atoms with Gasteiger partial charge in [0, 0.05) is 24.0 Å². The van der Waals surface area contributed by atoms with Crippen molar-refractivity contribution in [2.45, 2.75) is 32.7 Å². The average Bonchev–Trinajstić information content (AvgIpc) is 2.30. The number of hydrogen-bond acceptors (Lipinski definition) is 3. The number of nitrogens with two attached hydrogens (primary N) is 1. The molecule has 3 N–H and O–H groups in total. The first-order chi connectivity index (χ1) is 8.49. The Labute approximate surface area is 107 Å². The number of anilines is 2. The second-order valence-corrected chi connectivity index (χ2v) is 5.25. The fourth-order valence-corrected chi connectivity index (χ4v) is 2.70. The number of nitrogen functional groups attached to an aromatic ring is 1. The summed E-state index contributed by atoms with van der Waals surface area (Å²) < 4.78 is 0. The normalized spacial score (nSPS) is 24.0. The molecule has 1 aliphatic rings. The Bertz CT molecular complexity index is 459. The number of hydrogen-bond donors (Lipinski definition) is 2. The Hall–Kier alpha value is -1.71. The minimum Gasteiger partial charge on any atom is -0.478 e. The average molecular weight is 248 g/mol. The molecule has 1 aromatic rings. The van der Waals surface area contributed by atoms with Crippen LogP contribution in [0.15, 0.2) is 18.2 Å². The fraction of sp³-hybridized carbons (Fsp3) is 0.500. The van der Waals surface area contributed by atoms with E-state index in [0.29, 0.717) is 11.7 Å². The molecule has 2 atom stereocenters. The summed E-state index contributed by atoms with van der Waals surface area (Å²) in [5.41, 5.74) is 7.15. The summed E-state index contributed by atoms with van der Waals surface area (Å²) >= 11 is 0. The van der Waals surface area contributed by atoms with Crippen LogP contribution in [0.2, 0.25) is 0 Å². The van der Waals surface area contributed by atoms with E-state index >= 15 is 0 Å². The first-order valence-electron chi connectivity index (χ1n) is 6.38. The van der Waals surface area contributed by atoms with E-state index in [1.165, 1.54) is 0 Å². The van der Waals surface area contributed by atoms with Gasteiger partial charge in [0.2, 0.25) is 0 Å². The Morgan fingerprint density at radius 2 is 2.17 bits per heavy atom. The smallest absolute Gasteiger partial charge is 0.337 e. The number of carboxylic acids is 1. The minimum absolute atomic E-state index is 0.193. The van der Waals surface area contributed by atoms with Crippen LogP contribution < -0.4 is 10.6 Å². The van der Waals surface area contributed by atoms with Crippen molar-refractivity contribution < 1.29 is 9.90 Å². The zero-order valence-electron chi connectivity index (χ0n) is 10.9. The van der Waals surface area contributed by atoms with Crippen LogP contribution in [0.1, 0.15) is 37.0 Å². The van der Waals surface area contributed by atoms with E-state index in [1.54, 1.807) is 12.1 Å². The lowest BCUT2D eigenvalue weighted by Crippen LogP contribution is -2.40. The number of carboxylic acid groups (broad SMARTS) is 1. The molecule has 1 aliphatic heterocycles. The van der Waals surface area contributed by atoms with Crippen molar-refractivity contribution in [1.29, 1.82) is 0 Å². The van der Waals surface area contributed by atoms with Crippen molar-refractivity contribution in [2.24, 2.45) is 5.92 Å². The number of carbonyl (C=O) groups is 1. The molecular weight excluding hydrogens is 228 g/mol. The number of nitrogens with zero attached hydrogens (tertiary/aromatic N) is 1. The van der Waals surface area contributed by atoms with E-state index < -0.39 is 5.97 Å². The maximum Gasteiger partial charge on any atom is 0.337 e. The van der Waals surface area contributed by atoms with Crippen molar-refractivity contribution in [3.8, 4) is 0 Å². The zero-order chi connectivity index (χ0) is 13.3. The lowest BCUT2D eigenvalue weighted by atomic mass is 9.93. The lowest BCUT2D eigenvalue weighted by Gasteiger charge is -2.38. The largest absolute Gasteiger partial charge is 0.478 e. The highest BCUT2D eigenvalue weighted by Crippen LogP contribution is 2.29. The van der Waals surface area contributed by atoms with Crippen molar-refractivity contribution in [3.63, 3.8) is 0 Å². The number of benzene rings is 1. The Morgan fingerprint density at radius 1 is 1.44 bits per heavy atom. The molecule has 0 aromatic heterocycles. The van der Waals surface area contributed by atoms with Gasteiger partial charge in [0.25, 0.3) is 0 Å². The predicted octanol–water partition coefficient (Wildman–Crippen LogP) is 2.59. The first kappa shape index (κ1) is 12.7. The van der Waals surface area contributed by atoms with Crippen molar-refractivity contribution in [2.75, 3.05) is 17.2 Å². The molecule has 98 valence electrons. The maximum atomic E-state index is 11.1. The van der Waals surface area contributed by atoms with Gasteiger partial charge in [0.05, 0.1) is 5.56 Å². The van der Waals surface area contributed by atoms with E-state index in [-0.39, 0.29) is 5.56 Å². The molecule has 0 bridgehead atoms. The highest BCUT2D eigenvalue weighted by atomic mass is 16.4. The van der Waals surface area contributed by atoms with E-state index in [1.807, 2.05) is 6.07 Å². The molecule has 4 nitrogen and oxygen atoms in total. The van der Waals surface area contributed by atoms with Crippen LogP contribution in [0, 0.1) is 5.92 Å². The third-order valence-corrected chi connectivity index (χ3v) is 3.74. The highest BCUT2D eigenvalue weighted by molar-refractivity contribution is 5.94. The summed E-state index contributed by atoms with van der Waals surface area (Å²) in [6.45, 7) is 5.43. The molecule has 1 fully saturated rings. The fourth-order valence-electron chi connectivity index (χ4n) is 2.70. The molecule has 2 unspecified atom stereocenters. The summed E-state index contributed by atoms with van der Waals surface area (Å²) in [4.78, 5) is 13.4. The van der Waals surface area contributed by atoms with Gasteiger partial charge in [-0.05, 0) is 43.9 Å². The van der Waals surface area contributed by atoms with Gasteiger partial charge in [-0.15, -0.1) is 0 Å². The predicted molar refractivity (Wildman–Crippen MR) is 73.0 cm³/mol. The molecule has 1 heterocycles. The monoisotopic (exact) mass is 248 g/mol. The minimum atomic E-state index is -0.965. The molecule has 4 heteroatoms. The maximum absolute atomic E-state index is 11.1. The summed E-state index contributed by atoms with van der Waals surface area (Å²) in [7, 11) is 0. The van der Waals surface area contributed by atoms with E-state index in [9.17, 15) is 4.79 Å². The van der Waals surface area contributed by atoms with Gasteiger partial charge in [0.1, 0.15) is 0 Å². The van der Waals surface area contributed by atoms with Gasteiger partial charge in [-0.1, -0.05) is 6.92 Å². The summed E-state index contributed by atoms with van der Waals surface area (Å²) in [6.07, 6.45) is 2.30. The van der Waals surface area contributed by atoms with Crippen LogP contribution in [-0.4, -0.2) is 23.7 Å². The highest BCUT2D eigenvalue weighted by Gasteiger charge is 2.23. The van der Waals surface area contributed by atoms with Crippen LogP contribution in [0.4, 0.5) is 11.4 Å². The van der Waals surface area contributed by atoms with E-state index in [4.69, 9.17) is 10.8 Å². The van der Waals surface area contributed by atoms with Crippen molar-refractivity contribution in [3.05, 3.63) is 23.8 Å². The molecule has 0 spiro atoms. The quantitative estimate of drug-likeness (QED) is 0.789. The molecule has 0 radical (unpaired) electrons. The molecule has 18 heavy (non-hydrogen) atoms. The van der Waals surface area contributed by atoms with Gasteiger partial charge in [-0.2, -0.15) is 0 Å². The number of rotatable bonds is 2. The van der Waals surface area contributed by atoms with Crippen LogP contribution >= 0.6 is 0 Å². The summed E-state index contributed by atoms with van der Waals surface area (Å²) in [5, 5.41) is 9.10. The molecular formula is C14H20N2O2.